The van der Waals surface area contributed by atoms with Crippen LogP contribution in [0.2, 0.25) is 0 Å². The number of benzene rings is 1. The summed E-state index contributed by atoms with van der Waals surface area (Å²) in [7, 11) is 0. The first-order valence-corrected chi connectivity index (χ1v) is 11.7. The van der Waals surface area contributed by atoms with Gasteiger partial charge in [0.2, 0.25) is 11.7 Å². The summed E-state index contributed by atoms with van der Waals surface area (Å²) in [6.07, 6.45) is 9.89. The average Bonchev–Trinajstić information content (AvgIpc) is 3.58. The highest BCUT2D eigenvalue weighted by Gasteiger charge is 2.35. The molecule has 3 aliphatic rings. The van der Waals surface area contributed by atoms with E-state index in [2.05, 4.69) is 16.7 Å². The van der Waals surface area contributed by atoms with Crippen molar-refractivity contribution < 1.29 is 23.5 Å². The van der Waals surface area contributed by atoms with Gasteiger partial charge in [0, 0.05) is 23.6 Å². The normalized spacial score (nSPS) is 25.6. The molecule has 1 aromatic carbocycles. The van der Waals surface area contributed by atoms with Gasteiger partial charge in [-0.3, -0.25) is 4.79 Å². The minimum atomic E-state index is -0.499. The van der Waals surface area contributed by atoms with Crippen molar-refractivity contribution in [1.82, 2.24) is 5.32 Å². The number of anilines is 1. The maximum absolute atomic E-state index is 13.0. The molecule has 0 unspecified atom stereocenters. The largest absolute Gasteiger partial charge is 0.457 e. The molecule has 0 saturated carbocycles. The van der Waals surface area contributed by atoms with Crippen LogP contribution in [-0.4, -0.2) is 43.8 Å². The van der Waals surface area contributed by atoms with Crippen molar-refractivity contribution in [2.45, 2.75) is 57.1 Å². The van der Waals surface area contributed by atoms with Crippen LogP contribution < -0.4 is 10.6 Å². The standard InChI is InChI=1S/C25H30N2O5/c28-24(23-20(10-11-26-23)16-5-2-1-3-6-16)27-18-8-9-21-17(13-18)14-22(32-21)25(29)31-15-19-7-4-12-30-19/h5,8-9,13-14,19-20,23,26H,1-4,6-7,10-12,15H2,(H,27,28)/t19-,20+,23+/m1/s1. The van der Waals surface area contributed by atoms with E-state index in [0.29, 0.717) is 11.3 Å². The molecule has 1 amide bonds. The van der Waals surface area contributed by atoms with E-state index in [1.165, 1.54) is 18.4 Å². The number of hydrogen-bond acceptors (Lipinski definition) is 6. The molecule has 1 aliphatic carbocycles. The van der Waals surface area contributed by atoms with Gasteiger partial charge in [-0.25, -0.2) is 4.79 Å². The number of carbonyl (C=O) groups is 2. The quantitative estimate of drug-likeness (QED) is 0.519. The number of fused-ring (bicyclic) bond motifs is 1. The molecule has 170 valence electrons. The van der Waals surface area contributed by atoms with E-state index < -0.39 is 5.97 Å². The summed E-state index contributed by atoms with van der Waals surface area (Å²) in [6, 6.07) is 6.85. The molecule has 32 heavy (non-hydrogen) atoms. The first-order valence-electron chi connectivity index (χ1n) is 11.7. The Balaban J connectivity index is 1.24. The highest BCUT2D eigenvalue weighted by molar-refractivity contribution is 5.98. The van der Waals surface area contributed by atoms with Crippen LogP contribution in [0.15, 0.2) is 40.3 Å². The van der Waals surface area contributed by atoms with Gasteiger partial charge in [-0.1, -0.05) is 11.6 Å². The molecule has 0 radical (unpaired) electrons. The zero-order valence-corrected chi connectivity index (χ0v) is 18.2. The topological polar surface area (TPSA) is 89.8 Å². The Kier molecular flexibility index (Phi) is 6.28. The molecule has 3 heterocycles. The molecule has 5 rings (SSSR count). The summed E-state index contributed by atoms with van der Waals surface area (Å²) in [5, 5.41) is 7.17. The number of carbonyl (C=O) groups excluding carboxylic acids is 2. The van der Waals surface area contributed by atoms with Gasteiger partial charge in [0.05, 0.1) is 12.1 Å². The Labute approximate surface area is 187 Å². The number of allylic oxidation sites excluding steroid dienone is 1. The monoisotopic (exact) mass is 438 g/mol. The second-order valence-corrected chi connectivity index (χ2v) is 8.94. The fourth-order valence-corrected chi connectivity index (χ4v) is 5.04. The second-order valence-electron chi connectivity index (χ2n) is 8.94. The predicted octanol–water partition coefficient (Wildman–Crippen LogP) is 4.19. The predicted molar refractivity (Wildman–Crippen MR) is 121 cm³/mol. The maximum atomic E-state index is 13.0. The van der Waals surface area contributed by atoms with Crippen molar-refractivity contribution in [2.24, 2.45) is 5.92 Å². The highest BCUT2D eigenvalue weighted by atomic mass is 16.6. The lowest BCUT2D eigenvalue weighted by Crippen LogP contribution is -2.40. The fourth-order valence-electron chi connectivity index (χ4n) is 5.04. The SMILES string of the molecule is O=C(OC[C@H]1CCCO1)c1cc2cc(NC(=O)[C@H]3NCC[C@H]3C3=CCCCC3)ccc2o1. The van der Waals surface area contributed by atoms with Crippen LogP contribution in [0.4, 0.5) is 5.69 Å². The Bertz CT molecular complexity index is 1020. The number of furan rings is 1. The van der Waals surface area contributed by atoms with E-state index in [1.807, 2.05) is 6.07 Å². The van der Waals surface area contributed by atoms with Gasteiger partial charge in [-0.05, 0) is 75.8 Å². The minimum Gasteiger partial charge on any atom is -0.457 e. The number of nitrogens with one attached hydrogen (secondary N) is 2. The fraction of sp³-hybridized carbons (Fsp3) is 0.520. The Hall–Kier alpha value is -2.64. The molecule has 2 fully saturated rings. The number of amides is 1. The first-order chi connectivity index (χ1) is 15.7. The molecule has 7 heteroatoms. The van der Waals surface area contributed by atoms with E-state index in [-0.39, 0.29) is 36.3 Å². The molecule has 1 aromatic heterocycles. The van der Waals surface area contributed by atoms with Gasteiger partial charge < -0.3 is 24.5 Å². The van der Waals surface area contributed by atoms with Crippen LogP contribution in [0.25, 0.3) is 11.0 Å². The molecule has 7 nitrogen and oxygen atoms in total. The first kappa shape index (κ1) is 21.2. The number of ether oxygens (including phenoxy) is 2. The molecular formula is C25H30N2O5. The van der Waals surface area contributed by atoms with Crippen molar-refractivity contribution >= 4 is 28.5 Å². The maximum Gasteiger partial charge on any atom is 0.374 e. The summed E-state index contributed by atoms with van der Waals surface area (Å²) in [4.78, 5) is 25.4. The third-order valence-corrected chi connectivity index (χ3v) is 6.72. The van der Waals surface area contributed by atoms with Gasteiger partial charge >= 0.3 is 5.97 Å². The lowest BCUT2D eigenvalue weighted by molar-refractivity contribution is -0.118. The summed E-state index contributed by atoms with van der Waals surface area (Å²) >= 11 is 0. The molecule has 2 N–H and O–H groups in total. The average molecular weight is 439 g/mol. The zero-order chi connectivity index (χ0) is 21.9. The Morgan fingerprint density at radius 3 is 2.91 bits per heavy atom. The van der Waals surface area contributed by atoms with E-state index >= 15 is 0 Å². The van der Waals surface area contributed by atoms with Gasteiger partial charge in [-0.15, -0.1) is 0 Å². The van der Waals surface area contributed by atoms with E-state index in [0.717, 1.165) is 50.6 Å². The van der Waals surface area contributed by atoms with Gasteiger partial charge in [0.25, 0.3) is 0 Å². The molecule has 2 saturated heterocycles. The Morgan fingerprint density at radius 2 is 2.09 bits per heavy atom. The van der Waals surface area contributed by atoms with E-state index in [4.69, 9.17) is 13.9 Å². The van der Waals surface area contributed by atoms with Gasteiger partial charge in [0.15, 0.2) is 0 Å². The van der Waals surface area contributed by atoms with Crippen molar-refractivity contribution in [3.05, 3.63) is 41.7 Å². The van der Waals surface area contributed by atoms with Gasteiger partial charge in [0.1, 0.15) is 12.2 Å². The van der Waals surface area contributed by atoms with Crippen molar-refractivity contribution in [2.75, 3.05) is 25.1 Å². The second kappa shape index (κ2) is 9.46. The molecule has 0 spiro atoms. The highest BCUT2D eigenvalue weighted by Crippen LogP contribution is 2.32. The lowest BCUT2D eigenvalue weighted by atomic mass is 9.84. The smallest absolute Gasteiger partial charge is 0.374 e. The van der Waals surface area contributed by atoms with Gasteiger partial charge in [-0.2, -0.15) is 0 Å². The van der Waals surface area contributed by atoms with E-state index in [1.54, 1.807) is 18.2 Å². The Morgan fingerprint density at radius 1 is 1.16 bits per heavy atom. The van der Waals surface area contributed by atoms with E-state index in [9.17, 15) is 9.59 Å². The van der Waals surface area contributed by atoms with Crippen LogP contribution in [0.1, 0.15) is 55.5 Å². The molecule has 3 atom stereocenters. The van der Waals surface area contributed by atoms with Crippen LogP contribution in [0.5, 0.6) is 0 Å². The van der Waals surface area contributed by atoms with Crippen LogP contribution in [0, 0.1) is 5.92 Å². The lowest BCUT2D eigenvalue weighted by Gasteiger charge is -2.24. The van der Waals surface area contributed by atoms with Crippen molar-refractivity contribution in [3.63, 3.8) is 0 Å². The van der Waals surface area contributed by atoms with Crippen molar-refractivity contribution in [3.8, 4) is 0 Å². The third kappa shape index (κ3) is 4.59. The van der Waals surface area contributed by atoms with Crippen molar-refractivity contribution in [1.29, 1.82) is 0 Å². The summed E-state index contributed by atoms with van der Waals surface area (Å²) < 4.78 is 16.5. The number of esters is 1. The molecule has 2 aliphatic heterocycles. The van der Waals surface area contributed by atoms with Crippen LogP contribution in [-0.2, 0) is 14.3 Å². The third-order valence-electron chi connectivity index (χ3n) is 6.72. The minimum absolute atomic E-state index is 0.0157. The summed E-state index contributed by atoms with van der Waals surface area (Å²) in [5.41, 5.74) is 2.70. The molecular weight excluding hydrogens is 408 g/mol. The van der Waals surface area contributed by atoms with Crippen LogP contribution >= 0.6 is 0 Å². The molecule has 2 aromatic rings. The number of hydrogen-bond donors (Lipinski definition) is 2. The summed E-state index contributed by atoms with van der Waals surface area (Å²) in [5.74, 6) is -0.0829. The van der Waals surface area contributed by atoms with Crippen LogP contribution in [0.3, 0.4) is 0 Å². The zero-order valence-electron chi connectivity index (χ0n) is 18.2. The number of rotatable bonds is 6. The molecule has 0 bridgehead atoms. The summed E-state index contributed by atoms with van der Waals surface area (Å²) in [6.45, 7) is 1.82.